The largest absolute Gasteiger partial charge is 0.493 e. The van der Waals surface area contributed by atoms with Gasteiger partial charge in [-0.25, -0.2) is 0 Å². The van der Waals surface area contributed by atoms with Crippen LogP contribution in [0.5, 0.6) is 5.75 Å². The Balaban J connectivity index is 2.59. The van der Waals surface area contributed by atoms with Crippen molar-refractivity contribution in [2.75, 3.05) is 20.3 Å². The Labute approximate surface area is 116 Å². The van der Waals surface area contributed by atoms with Crippen LogP contribution < -0.4 is 10.5 Å². The molecule has 0 radical (unpaired) electrons. The summed E-state index contributed by atoms with van der Waals surface area (Å²) in [7, 11) is 1.72. The lowest BCUT2D eigenvalue weighted by molar-refractivity contribution is 0.00545. The fourth-order valence-corrected chi connectivity index (χ4v) is 1.53. The van der Waals surface area contributed by atoms with E-state index in [0.717, 1.165) is 23.3 Å². The number of rotatable bonds is 5. The van der Waals surface area contributed by atoms with E-state index < -0.39 is 0 Å². The maximum absolute atomic E-state index is 5.73. The zero-order valence-electron chi connectivity index (χ0n) is 12.2. The predicted molar refractivity (Wildman–Crippen MR) is 78.3 cm³/mol. The molecular formula is C16H23NO2. The molecule has 0 aliphatic heterocycles. The second-order valence-corrected chi connectivity index (χ2v) is 5.04. The van der Waals surface area contributed by atoms with Gasteiger partial charge in [0.25, 0.3) is 0 Å². The fourth-order valence-electron chi connectivity index (χ4n) is 1.53. The van der Waals surface area contributed by atoms with Gasteiger partial charge in [-0.2, -0.15) is 0 Å². The van der Waals surface area contributed by atoms with Crippen LogP contribution in [0.15, 0.2) is 18.2 Å². The van der Waals surface area contributed by atoms with Crippen LogP contribution in [-0.2, 0) is 4.74 Å². The fraction of sp³-hybridized carbons (Fsp3) is 0.500. The lowest BCUT2D eigenvalue weighted by Gasteiger charge is -2.22. The summed E-state index contributed by atoms with van der Waals surface area (Å²) < 4.78 is 11.1. The molecule has 0 aliphatic rings. The van der Waals surface area contributed by atoms with Crippen LogP contribution in [0.2, 0.25) is 0 Å². The Morgan fingerprint density at radius 1 is 1.32 bits per heavy atom. The second-order valence-electron chi connectivity index (χ2n) is 5.04. The van der Waals surface area contributed by atoms with Crippen molar-refractivity contribution in [2.24, 2.45) is 5.73 Å². The Kier molecular flexibility index (Phi) is 5.88. The molecule has 104 valence electrons. The highest BCUT2D eigenvalue weighted by Crippen LogP contribution is 2.18. The molecule has 0 atom stereocenters. The van der Waals surface area contributed by atoms with Crippen LogP contribution in [0, 0.1) is 18.8 Å². The summed E-state index contributed by atoms with van der Waals surface area (Å²) in [5.41, 5.74) is 7.31. The number of aryl methyl sites for hydroxylation is 1. The third-order valence-corrected chi connectivity index (χ3v) is 3.05. The molecule has 0 bridgehead atoms. The van der Waals surface area contributed by atoms with E-state index in [2.05, 4.69) is 11.8 Å². The first-order valence-corrected chi connectivity index (χ1v) is 6.46. The molecule has 3 nitrogen and oxygen atoms in total. The molecule has 0 aromatic heterocycles. The van der Waals surface area contributed by atoms with E-state index in [4.69, 9.17) is 15.2 Å². The smallest absolute Gasteiger partial charge is 0.119 e. The van der Waals surface area contributed by atoms with Crippen LogP contribution in [0.25, 0.3) is 0 Å². The van der Waals surface area contributed by atoms with Crippen molar-refractivity contribution in [3.63, 3.8) is 0 Å². The summed E-state index contributed by atoms with van der Waals surface area (Å²) >= 11 is 0. The Bertz CT molecular complexity index is 469. The second kappa shape index (κ2) is 7.18. The topological polar surface area (TPSA) is 44.5 Å². The number of benzene rings is 1. The predicted octanol–water partition coefficient (Wildman–Crippen LogP) is 2.50. The van der Waals surface area contributed by atoms with Gasteiger partial charge in [0.05, 0.1) is 18.8 Å². The average Bonchev–Trinajstić information content (AvgIpc) is 2.37. The van der Waals surface area contributed by atoms with Gasteiger partial charge in [0.15, 0.2) is 0 Å². The molecule has 0 saturated carbocycles. The minimum atomic E-state index is -0.151. The molecule has 0 spiro atoms. The monoisotopic (exact) mass is 261 g/mol. The number of nitrogens with two attached hydrogens (primary N) is 1. The van der Waals surface area contributed by atoms with Gasteiger partial charge in [-0.1, -0.05) is 11.8 Å². The van der Waals surface area contributed by atoms with Crippen molar-refractivity contribution in [3.05, 3.63) is 29.3 Å². The summed E-state index contributed by atoms with van der Waals surface area (Å²) in [5, 5.41) is 0. The standard InChI is InChI=1S/C16H23NO2/c1-13-12-15(8-7-14(13)6-5-10-17)19-11-9-16(2,3)18-4/h7-8,12H,9-11,17H2,1-4H3. The normalized spacial score (nSPS) is 10.8. The van der Waals surface area contributed by atoms with Crippen LogP contribution in [0.1, 0.15) is 31.4 Å². The van der Waals surface area contributed by atoms with Crippen LogP contribution >= 0.6 is 0 Å². The minimum absolute atomic E-state index is 0.151. The zero-order chi connectivity index (χ0) is 14.3. The molecule has 2 N–H and O–H groups in total. The third kappa shape index (κ3) is 5.34. The minimum Gasteiger partial charge on any atom is -0.493 e. The van der Waals surface area contributed by atoms with Gasteiger partial charge in [-0.05, 0) is 44.5 Å². The third-order valence-electron chi connectivity index (χ3n) is 3.05. The van der Waals surface area contributed by atoms with Crippen molar-refractivity contribution in [1.82, 2.24) is 0 Å². The van der Waals surface area contributed by atoms with E-state index in [1.165, 1.54) is 0 Å². The van der Waals surface area contributed by atoms with Crippen LogP contribution in [-0.4, -0.2) is 25.9 Å². The number of hydrogen-bond acceptors (Lipinski definition) is 3. The maximum Gasteiger partial charge on any atom is 0.119 e. The summed E-state index contributed by atoms with van der Waals surface area (Å²) in [6.07, 6.45) is 0.845. The number of ether oxygens (including phenoxy) is 2. The highest BCUT2D eigenvalue weighted by Gasteiger charge is 2.15. The molecule has 0 aliphatic carbocycles. The zero-order valence-corrected chi connectivity index (χ0v) is 12.2. The number of methoxy groups -OCH3 is 1. The Morgan fingerprint density at radius 2 is 2.05 bits per heavy atom. The molecule has 0 fully saturated rings. The molecule has 0 amide bonds. The first kappa shape index (κ1) is 15.6. The molecule has 3 heteroatoms. The lowest BCUT2D eigenvalue weighted by atomic mass is 10.1. The SMILES string of the molecule is COC(C)(C)CCOc1ccc(C#CCN)c(C)c1. The van der Waals surface area contributed by atoms with E-state index in [0.29, 0.717) is 13.2 Å². The highest BCUT2D eigenvalue weighted by molar-refractivity contribution is 5.44. The Morgan fingerprint density at radius 3 is 2.63 bits per heavy atom. The molecule has 0 unspecified atom stereocenters. The quantitative estimate of drug-likeness (QED) is 0.828. The molecule has 0 saturated heterocycles. The Hall–Kier alpha value is -1.50. The molecule has 1 rings (SSSR count). The van der Waals surface area contributed by atoms with E-state index in [1.54, 1.807) is 7.11 Å². The van der Waals surface area contributed by atoms with E-state index in [1.807, 2.05) is 39.0 Å². The summed E-state index contributed by atoms with van der Waals surface area (Å²) in [6.45, 7) is 7.13. The van der Waals surface area contributed by atoms with Crippen molar-refractivity contribution >= 4 is 0 Å². The van der Waals surface area contributed by atoms with Gasteiger partial charge < -0.3 is 15.2 Å². The van der Waals surface area contributed by atoms with E-state index in [9.17, 15) is 0 Å². The molecule has 1 aromatic carbocycles. The molecule has 19 heavy (non-hydrogen) atoms. The van der Waals surface area contributed by atoms with Gasteiger partial charge in [-0.15, -0.1) is 0 Å². The van der Waals surface area contributed by atoms with E-state index in [-0.39, 0.29) is 5.60 Å². The molecule has 0 heterocycles. The van der Waals surface area contributed by atoms with Gasteiger partial charge in [0.1, 0.15) is 5.75 Å². The number of hydrogen-bond donors (Lipinski definition) is 1. The average molecular weight is 261 g/mol. The molecule has 1 aromatic rings. The summed E-state index contributed by atoms with van der Waals surface area (Å²) in [4.78, 5) is 0. The van der Waals surface area contributed by atoms with Gasteiger partial charge >= 0.3 is 0 Å². The van der Waals surface area contributed by atoms with Crippen molar-refractivity contribution in [2.45, 2.75) is 32.8 Å². The van der Waals surface area contributed by atoms with E-state index >= 15 is 0 Å². The summed E-state index contributed by atoms with van der Waals surface area (Å²) in [5.74, 6) is 6.76. The molecular weight excluding hydrogens is 238 g/mol. The van der Waals surface area contributed by atoms with Crippen LogP contribution in [0.4, 0.5) is 0 Å². The highest BCUT2D eigenvalue weighted by atomic mass is 16.5. The lowest BCUT2D eigenvalue weighted by Crippen LogP contribution is -2.25. The van der Waals surface area contributed by atoms with Crippen LogP contribution in [0.3, 0.4) is 0 Å². The first-order valence-electron chi connectivity index (χ1n) is 6.46. The van der Waals surface area contributed by atoms with Crippen molar-refractivity contribution in [1.29, 1.82) is 0 Å². The van der Waals surface area contributed by atoms with Gasteiger partial charge in [0, 0.05) is 19.1 Å². The van der Waals surface area contributed by atoms with Crippen molar-refractivity contribution in [3.8, 4) is 17.6 Å². The first-order chi connectivity index (χ1) is 8.98. The van der Waals surface area contributed by atoms with Gasteiger partial charge in [0.2, 0.25) is 0 Å². The van der Waals surface area contributed by atoms with Gasteiger partial charge in [-0.3, -0.25) is 0 Å². The maximum atomic E-state index is 5.73. The summed E-state index contributed by atoms with van der Waals surface area (Å²) in [6, 6.07) is 5.91. The van der Waals surface area contributed by atoms with Crippen molar-refractivity contribution < 1.29 is 9.47 Å².